The normalized spacial score (nSPS) is 17.1. The van der Waals surface area contributed by atoms with Crippen molar-refractivity contribution in [1.29, 1.82) is 0 Å². The van der Waals surface area contributed by atoms with Gasteiger partial charge in [-0.05, 0) is 47.0 Å². The molecule has 0 fully saturated rings. The summed E-state index contributed by atoms with van der Waals surface area (Å²) >= 11 is 15.9. The first-order valence-electron chi connectivity index (χ1n) is 8.21. The van der Waals surface area contributed by atoms with Gasteiger partial charge in [-0.3, -0.25) is 9.69 Å². The van der Waals surface area contributed by atoms with E-state index in [2.05, 4.69) is 39.2 Å². The molecule has 1 N–H and O–H groups in total. The monoisotopic (exact) mass is 422 g/mol. The van der Waals surface area contributed by atoms with Gasteiger partial charge in [0.1, 0.15) is 0 Å². The maximum absolute atomic E-state index is 12.7. The molecule has 2 aromatic heterocycles. The largest absolute Gasteiger partial charge is 0.322 e. The van der Waals surface area contributed by atoms with E-state index in [4.69, 9.17) is 23.2 Å². The highest BCUT2D eigenvalue weighted by molar-refractivity contribution is 7.10. The summed E-state index contributed by atoms with van der Waals surface area (Å²) in [5, 5.41) is 7.98. The highest BCUT2D eigenvalue weighted by Gasteiger charge is 2.31. The van der Waals surface area contributed by atoms with Crippen molar-refractivity contribution in [3.63, 3.8) is 0 Å². The fourth-order valence-corrected chi connectivity index (χ4v) is 5.57. The molecule has 0 spiro atoms. The predicted molar refractivity (Wildman–Crippen MR) is 111 cm³/mol. The molecule has 1 amide bonds. The maximum Gasteiger partial charge on any atom is 0.238 e. The zero-order valence-electron chi connectivity index (χ0n) is 13.7. The van der Waals surface area contributed by atoms with Crippen LogP contribution in [-0.4, -0.2) is 23.9 Å². The molecule has 3 aromatic rings. The summed E-state index contributed by atoms with van der Waals surface area (Å²) in [6, 6.07) is 11.7. The Morgan fingerprint density at radius 3 is 2.65 bits per heavy atom. The van der Waals surface area contributed by atoms with E-state index in [1.807, 2.05) is 0 Å². The lowest BCUT2D eigenvalue weighted by atomic mass is 9.98. The standard InChI is InChI=1S/C19H16Cl2N2OS2/c20-13-3-1-4-14(21)18(13)22-17(24)11-23-8-6-15-12(7-10-26-15)19(23)16-5-2-9-25-16/h1-5,7,9-10,19H,6,8,11H2,(H,22,24)/t19-/m1/s1. The Kier molecular flexibility index (Phi) is 5.34. The van der Waals surface area contributed by atoms with Crippen molar-refractivity contribution in [3.8, 4) is 0 Å². The average Bonchev–Trinajstić information content (AvgIpc) is 3.29. The van der Waals surface area contributed by atoms with Gasteiger partial charge in [0.05, 0.1) is 28.3 Å². The third-order valence-electron chi connectivity index (χ3n) is 4.45. The topological polar surface area (TPSA) is 32.3 Å². The van der Waals surface area contributed by atoms with Gasteiger partial charge in [0.15, 0.2) is 0 Å². The van der Waals surface area contributed by atoms with Gasteiger partial charge in [-0.25, -0.2) is 0 Å². The minimum absolute atomic E-state index is 0.111. The number of thiophene rings is 2. The Bertz CT molecular complexity index is 903. The number of hydrogen-bond donors (Lipinski definition) is 1. The molecule has 1 aliphatic heterocycles. The molecule has 134 valence electrons. The van der Waals surface area contributed by atoms with Gasteiger partial charge in [-0.15, -0.1) is 22.7 Å². The van der Waals surface area contributed by atoms with Gasteiger partial charge in [0.2, 0.25) is 5.91 Å². The van der Waals surface area contributed by atoms with E-state index in [0.29, 0.717) is 22.3 Å². The van der Waals surface area contributed by atoms with Crippen molar-refractivity contribution in [3.05, 3.63) is 72.5 Å². The van der Waals surface area contributed by atoms with E-state index in [1.165, 1.54) is 15.3 Å². The van der Waals surface area contributed by atoms with Crippen molar-refractivity contribution in [2.45, 2.75) is 12.5 Å². The Hall–Kier alpha value is -1.37. The molecule has 1 atom stereocenters. The Balaban J connectivity index is 1.56. The SMILES string of the molecule is O=C(CN1CCc2sccc2[C@@H]1c1cccs1)Nc1c(Cl)cccc1Cl. The average molecular weight is 423 g/mol. The fourth-order valence-electron chi connectivity index (χ4n) is 3.30. The molecule has 1 aliphatic rings. The zero-order chi connectivity index (χ0) is 18.1. The molecule has 0 saturated heterocycles. The Morgan fingerprint density at radius 2 is 1.92 bits per heavy atom. The number of halogens is 2. The van der Waals surface area contributed by atoms with Gasteiger partial charge in [0.25, 0.3) is 0 Å². The molecule has 0 radical (unpaired) electrons. The van der Waals surface area contributed by atoms with Gasteiger partial charge >= 0.3 is 0 Å². The van der Waals surface area contributed by atoms with E-state index in [-0.39, 0.29) is 11.9 Å². The molecule has 26 heavy (non-hydrogen) atoms. The smallest absolute Gasteiger partial charge is 0.238 e. The van der Waals surface area contributed by atoms with E-state index < -0.39 is 0 Å². The summed E-state index contributed by atoms with van der Waals surface area (Å²) in [4.78, 5) is 17.6. The molecule has 3 heterocycles. The van der Waals surface area contributed by atoms with Crippen LogP contribution in [0, 0.1) is 0 Å². The number of para-hydroxylation sites is 1. The van der Waals surface area contributed by atoms with E-state index in [0.717, 1.165) is 13.0 Å². The lowest BCUT2D eigenvalue weighted by Crippen LogP contribution is -2.40. The van der Waals surface area contributed by atoms with Crippen LogP contribution in [0.4, 0.5) is 5.69 Å². The van der Waals surface area contributed by atoms with Crippen LogP contribution in [-0.2, 0) is 11.2 Å². The summed E-state index contributed by atoms with van der Waals surface area (Å²) < 4.78 is 0. The number of nitrogens with one attached hydrogen (secondary N) is 1. The molecule has 0 saturated carbocycles. The number of fused-ring (bicyclic) bond motifs is 1. The van der Waals surface area contributed by atoms with E-state index >= 15 is 0 Å². The van der Waals surface area contributed by atoms with Gasteiger partial charge in [-0.2, -0.15) is 0 Å². The molecule has 1 aromatic carbocycles. The van der Waals surface area contributed by atoms with Crippen molar-refractivity contribution >= 4 is 57.5 Å². The summed E-state index contributed by atoms with van der Waals surface area (Å²) in [5.41, 5.74) is 1.79. The summed E-state index contributed by atoms with van der Waals surface area (Å²) in [6.07, 6.45) is 0.967. The first-order chi connectivity index (χ1) is 12.6. The number of hydrogen-bond acceptors (Lipinski definition) is 4. The summed E-state index contributed by atoms with van der Waals surface area (Å²) in [7, 11) is 0. The van der Waals surface area contributed by atoms with Crippen LogP contribution in [0.25, 0.3) is 0 Å². The van der Waals surface area contributed by atoms with Crippen molar-refractivity contribution in [2.24, 2.45) is 0 Å². The first kappa shape index (κ1) is 18.0. The Labute approximate surface area is 170 Å². The predicted octanol–water partition coefficient (Wildman–Crippen LogP) is 5.70. The third-order valence-corrected chi connectivity index (χ3v) is 7.00. The minimum Gasteiger partial charge on any atom is -0.322 e. The lowest BCUT2D eigenvalue weighted by Gasteiger charge is -2.34. The fraction of sp³-hybridized carbons (Fsp3) is 0.211. The number of rotatable bonds is 4. The zero-order valence-corrected chi connectivity index (χ0v) is 16.9. The van der Waals surface area contributed by atoms with Crippen molar-refractivity contribution < 1.29 is 4.79 Å². The number of anilines is 1. The highest BCUT2D eigenvalue weighted by Crippen LogP contribution is 2.39. The molecule has 3 nitrogen and oxygen atoms in total. The number of nitrogens with zero attached hydrogens (tertiary/aromatic N) is 1. The summed E-state index contributed by atoms with van der Waals surface area (Å²) in [6.45, 7) is 1.14. The van der Waals surface area contributed by atoms with Crippen LogP contribution in [0.1, 0.15) is 21.4 Å². The quantitative estimate of drug-likeness (QED) is 0.584. The molecular weight excluding hydrogens is 407 g/mol. The highest BCUT2D eigenvalue weighted by atomic mass is 35.5. The van der Waals surface area contributed by atoms with Gasteiger partial charge in [-0.1, -0.05) is 35.3 Å². The number of benzene rings is 1. The number of carbonyl (C=O) groups is 1. The Morgan fingerprint density at radius 1 is 1.12 bits per heavy atom. The number of carbonyl (C=O) groups excluding carboxylic acids is 1. The van der Waals surface area contributed by atoms with Crippen LogP contribution in [0.3, 0.4) is 0 Å². The van der Waals surface area contributed by atoms with Gasteiger partial charge in [0, 0.05) is 16.3 Å². The van der Waals surface area contributed by atoms with Crippen LogP contribution in [0.15, 0.2) is 47.2 Å². The van der Waals surface area contributed by atoms with Crippen LogP contribution >= 0.6 is 45.9 Å². The van der Waals surface area contributed by atoms with Crippen molar-refractivity contribution in [1.82, 2.24) is 4.90 Å². The molecule has 0 bridgehead atoms. The lowest BCUT2D eigenvalue weighted by molar-refractivity contribution is -0.117. The van der Waals surface area contributed by atoms with E-state index in [1.54, 1.807) is 40.9 Å². The first-order valence-corrected chi connectivity index (χ1v) is 10.7. The molecular formula is C19H16Cl2N2OS2. The van der Waals surface area contributed by atoms with Gasteiger partial charge < -0.3 is 5.32 Å². The second-order valence-corrected chi connectivity index (χ2v) is 8.88. The molecule has 4 rings (SSSR count). The molecule has 0 unspecified atom stereocenters. The third kappa shape index (κ3) is 3.55. The molecule has 7 heteroatoms. The molecule has 0 aliphatic carbocycles. The second kappa shape index (κ2) is 7.71. The van der Waals surface area contributed by atoms with E-state index in [9.17, 15) is 4.79 Å². The summed E-state index contributed by atoms with van der Waals surface area (Å²) in [5.74, 6) is -0.111. The van der Waals surface area contributed by atoms with Crippen molar-refractivity contribution in [2.75, 3.05) is 18.4 Å². The second-order valence-electron chi connectivity index (χ2n) is 6.08. The number of amides is 1. The minimum atomic E-state index is -0.111. The van der Waals surface area contributed by atoms with Crippen LogP contribution in [0.5, 0.6) is 0 Å². The maximum atomic E-state index is 12.7. The van der Waals surface area contributed by atoms with Crippen LogP contribution in [0.2, 0.25) is 10.0 Å². The van der Waals surface area contributed by atoms with Crippen LogP contribution < -0.4 is 5.32 Å².